The number of esters is 1. The monoisotopic (exact) mass is 283 g/mol. The molecule has 0 unspecified atom stereocenters. The predicted octanol–water partition coefficient (Wildman–Crippen LogP) is 2.83. The molecule has 6 heteroatoms. The highest BCUT2D eigenvalue weighted by atomic mass is 19.3. The number of hydrogen-bond acceptors (Lipinski definition) is 4. The summed E-state index contributed by atoms with van der Waals surface area (Å²) in [7, 11) is 0. The van der Waals surface area contributed by atoms with E-state index in [1.807, 2.05) is 6.07 Å². The molecule has 0 saturated carbocycles. The summed E-state index contributed by atoms with van der Waals surface area (Å²) in [5.74, 6) is -0.531. The van der Waals surface area contributed by atoms with Crippen molar-refractivity contribution in [3.63, 3.8) is 0 Å². The second-order valence-corrected chi connectivity index (χ2v) is 3.94. The van der Waals surface area contributed by atoms with Crippen molar-refractivity contribution < 1.29 is 23.0 Å². The van der Waals surface area contributed by atoms with Crippen molar-refractivity contribution in [3.8, 4) is 11.8 Å². The molecule has 108 valence electrons. The minimum Gasteiger partial charge on any atom is -0.466 e. The zero-order chi connectivity index (χ0) is 15.1. The molecule has 1 aromatic rings. The number of nitriles is 1. The van der Waals surface area contributed by atoms with Crippen molar-refractivity contribution in [2.75, 3.05) is 6.61 Å². The first-order valence-corrected chi connectivity index (χ1v) is 6.18. The lowest BCUT2D eigenvalue weighted by Gasteiger charge is -2.13. The maximum Gasteiger partial charge on any atom is 0.387 e. The van der Waals surface area contributed by atoms with Crippen LogP contribution in [-0.2, 0) is 22.4 Å². The maximum atomic E-state index is 12.4. The van der Waals surface area contributed by atoms with Gasteiger partial charge in [0.15, 0.2) is 0 Å². The Balaban J connectivity index is 3.14. The van der Waals surface area contributed by atoms with Crippen molar-refractivity contribution in [1.82, 2.24) is 0 Å². The third-order valence-electron chi connectivity index (χ3n) is 2.64. The van der Waals surface area contributed by atoms with E-state index in [0.29, 0.717) is 17.5 Å². The lowest BCUT2D eigenvalue weighted by Crippen LogP contribution is -2.11. The van der Waals surface area contributed by atoms with Crippen molar-refractivity contribution in [2.24, 2.45) is 0 Å². The van der Waals surface area contributed by atoms with E-state index in [0.717, 1.165) is 0 Å². The predicted molar refractivity (Wildman–Crippen MR) is 67.5 cm³/mol. The molecule has 0 amide bonds. The molecular formula is C14H15F2NO3. The fourth-order valence-electron chi connectivity index (χ4n) is 1.77. The van der Waals surface area contributed by atoms with Crippen LogP contribution in [0.3, 0.4) is 0 Å². The highest BCUT2D eigenvalue weighted by molar-refractivity contribution is 5.74. The van der Waals surface area contributed by atoms with E-state index in [4.69, 9.17) is 10.00 Å². The summed E-state index contributed by atoms with van der Waals surface area (Å²) in [4.78, 5) is 11.4. The summed E-state index contributed by atoms with van der Waals surface area (Å²) in [6.45, 7) is 0.687. The van der Waals surface area contributed by atoms with E-state index >= 15 is 0 Å². The molecule has 0 heterocycles. The summed E-state index contributed by atoms with van der Waals surface area (Å²) >= 11 is 0. The molecule has 4 nitrogen and oxygen atoms in total. The average Bonchev–Trinajstić information content (AvgIpc) is 2.38. The molecule has 1 rings (SSSR count). The van der Waals surface area contributed by atoms with Crippen LogP contribution in [0.4, 0.5) is 8.78 Å². The van der Waals surface area contributed by atoms with Crippen LogP contribution < -0.4 is 4.74 Å². The molecule has 0 aromatic heterocycles. The van der Waals surface area contributed by atoms with Crippen molar-refractivity contribution in [3.05, 3.63) is 28.8 Å². The molecule has 0 aliphatic carbocycles. The van der Waals surface area contributed by atoms with Gasteiger partial charge < -0.3 is 9.47 Å². The quantitative estimate of drug-likeness (QED) is 0.753. The van der Waals surface area contributed by atoms with Crippen LogP contribution in [0.25, 0.3) is 0 Å². The highest BCUT2D eigenvalue weighted by Gasteiger charge is 2.16. The standard InChI is InChI=1S/C14H15F2NO3/c1-3-9-5-11(8-17)10(7-13(18)19-4-2)6-12(9)20-14(15)16/h5-6,14H,3-4,7H2,1-2H3. The molecule has 0 saturated heterocycles. The van der Waals surface area contributed by atoms with Gasteiger partial charge in [-0.05, 0) is 36.6 Å². The normalized spacial score (nSPS) is 10.2. The topological polar surface area (TPSA) is 59.3 Å². The van der Waals surface area contributed by atoms with Gasteiger partial charge in [0.2, 0.25) is 0 Å². The number of hydrogen-bond donors (Lipinski definition) is 0. The third kappa shape index (κ3) is 4.19. The van der Waals surface area contributed by atoms with Gasteiger partial charge in [-0.3, -0.25) is 4.79 Å². The Morgan fingerprint density at radius 3 is 2.55 bits per heavy atom. The first-order chi connectivity index (χ1) is 9.51. The molecule has 1 aromatic carbocycles. The molecule has 0 fully saturated rings. The van der Waals surface area contributed by atoms with E-state index in [2.05, 4.69) is 4.74 Å². The van der Waals surface area contributed by atoms with Crippen molar-refractivity contribution in [1.29, 1.82) is 5.26 Å². The molecule has 0 atom stereocenters. The number of aryl methyl sites for hydroxylation is 1. The summed E-state index contributed by atoms with van der Waals surface area (Å²) in [5.41, 5.74) is 1.07. The number of benzene rings is 1. The van der Waals surface area contributed by atoms with Gasteiger partial charge in [0.05, 0.1) is 24.7 Å². The number of halogens is 2. The van der Waals surface area contributed by atoms with Gasteiger partial charge >= 0.3 is 12.6 Å². The van der Waals surface area contributed by atoms with Gasteiger partial charge in [-0.15, -0.1) is 0 Å². The number of ether oxygens (including phenoxy) is 2. The van der Waals surface area contributed by atoms with Crippen LogP contribution in [0.15, 0.2) is 12.1 Å². The van der Waals surface area contributed by atoms with E-state index in [1.54, 1.807) is 13.8 Å². The third-order valence-corrected chi connectivity index (χ3v) is 2.64. The zero-order valence-electron chi connectivity index (χ0n) is 11.3. The number of alkyl halides is 2. The van der Waals surface area contributed by atoms with Gasteiger partial charge in [-0.2, -0.15) is 14.0 Å². The fourth-order valence-corrected chi connectivity index (χ4v) is 1.77. The van der Waals surface area contributed by atoms with E-state index < -0.39 is 12.6 Å². The maximum absolute atomic E-state index is 12.4. The minimum absolute atomic E-state index is 0.0131. The van der Waals surface area contributed by atoms with E-state index in [1.165, 1.54) is 12.1 Å². The average molecular weight is 283 g/mol. The smallest absolute Gasteiger partial charge is 0.387 e. The largest absolute Gasteiger partial charge is 0.466 e. The lowest BCUT2D eigenvalue weighted by molar-refractivity contribution is -0.142. The first-order valence-electron chi connectivity index (χ1n) is 6.18. The summed E-state index contributed by atoms with van der Waals surface area (Å²) in [6, 6.07) is 4.72. The molecular weight excluding hydrogens is 268 g/mol. The van der Waals surface area contributed by atoms with Gasteiger partial charge in [0, 0.05) is 0 Å². The van der Waals surface area contributed by atoms with Gasteiger partial charge in [0.25, 0.3) is 0 Å². The second-order valence-electron chi connectivity index (χ2n) is 3.94. The van der Waals surface area contributed by atoms with Crippen LogP contribution in [0, 0.1) is 11.3 Å². The Bertz CT molecular complexity index is 524. The summed E-state index contributed by atoms with van der Waals surface area (Å²) < 4.78 is 33.9. The van der Waals surface area contributed by atoms with Crippen molar-refractivity contribution in [2.45, 2.75) is 33.3 Å². The van der Waals surface area contributed by atoms with Crippen LogP contribution in [0.5, 0.6) is 5.75 Å². The van der Waals surface area contributed by atoms with E-state index in [-0.39, 0.29) is 24.3 Å². The van der Waals surface area contributed by atoms with Gasteiger partial charge in [-0.1, -0.05) is 6.92 Å². The number of carbonyl (C=O) groups is 1. The Morgan fingerprint density at radius 2 is 2.05 bits per heavy atom. The molecule has 20 heavy (non-hydrogen) atoms. The zero-order valence-corrected chi connectivity index (χ0v) is 11.3. The Hall–Kier alpha value is -2.16. The molecule has 0 bridgehead atoms. The molecule has 0 radical (unpaired) electrons. The number of carbonyl (C=O) groups excluding carboxylic acids is 1. The number of rotatable bonds is 6. The molecule has 0 aliphatic heterocycles. The van der Waals surface area contributed by atoms with Gasteiger partial charge in [0.1, 0.15) is 5.75 Å². The Morgan fingerprint density at radius 1 is 1.35 bits per heavy atom. The fraction of sp³-hybridized carbons (Fsp3) is 0.429. The van der Waals surface area contributed by atoms with Crippen molar-refractivity contribution >= 4 is 5.97 Å². The summed E-state index contributed by atoms with van der Waals surface area (Å²) in [5, 5.41) is 9.06. The van der Waals surface area contributed by atoms with Crippen LogP contribution in [0.2, 0.25) is 0 Å². The van der Waals surface area contributed by atoms with E-state index in [9.17, 15) is 13.6 Å². The number of nitrogens with zero attached hydrogens (tertiary/aromatic N) is 1. The molecule has 0 aliphatic rings. The second kappa shape index (κ2) is 7.43. The Kier molecular flexibility index (Phi) is 5.91. The highest BCUT2D eigenvalue weighted by Crippen LogP contribution is 2.26. The van der Waals surface area contributed by atoms with Crippen LogP contribution in [-0.4, -0.2) is 19.2 Å². The first kappa shape index (κ1) is 15.9. The summed E-state index contributed by atoms with van der Waals surface area (Å²) in [6.07, 6.45) is 0.288. The molecule has 0 N–H and O–H groups in total. The molecule has 0 spiro atoms. The minimum atomic E-state index is -2.95. The SMILES string of the molecule is CCOC(=O)Cc1cc(OC(F)F)c(CC)cc1C#N. The lowest BCUT2D eigenvalue weighted by atomic mass is 10.00. The Labute approximate surface area is 115 Å². The van der Waals surface area contributed by atoms with Crippen LogP contribution in [0.1, 0.15) is 30.5 Å². The van der Waals surface area contributed by atoms with Gasteiger partial charge in [-0.25, -0.2) is 0 Å². The van der Waals surface area contributed by atoms with Crippen LogP contribution >= 0.6 is 0 Å².